The number of rotatable bonds is 4. The number of hydrogen-bond donors (Lipinski definition) is 0. The van der Waals surface area contributed by atoms with Gasteiger partial charge in [0.15, 0.2) is 0 Å². The molecule has 4 nitrogen and oxygen atoms in total. The third-order valence-corrected chi connectivity index (χ3v) is 4.94. The van der Waals surface area contributed by atoms with Gasteiger partial charge in [-0.3, -0.25) is 14.5 Å². The summed E-state index contributed by atoms with van der Waals surface area (Å²) < 4.78 is 0. The minimum Gasteiger partial charge on any atom is -0.309 e. The molecule has 2 amide bonds. The van der Waals surface area contributed by atoms with Crippen LogP contribution >= 0.6 is 0 Å². The molecule has 0 spiro atoms. The van der Waals surface area contributed by atoms with E-state index in [9.17, 15) is 9.59 Å². The molecule has 1 heterocycles. The fourth-order valence-electron chi connectivity index (χ4n) is 3.82. The maximum Gasteiger partial charge on any atom is 0.261 e. The number of carbonyl (C=O) groups is 2. The summed E-state index contributed by atoms with van der Waals surface area (Å²) in [6.07, 6.45) is 2.80. The summed E-state index contributed by atoms with van der Waals surface area (Å²) in [7, 11) is 3.99. The van der Waals surface area contributed by atoms with Crippen molar-refractivity contribution in [3.8, 4) is 0 Å². The molecule has 0 N–H and O–H groups in total. The number of carbonyl (C=O) groups excluding carboxylic acids is 2. The first-order chi connectivity index (χ1) is 11.1. The predicted octanol–water partition coefficient (Wildman–Crippen LogP) is 2.49. The molecule has 118 valence electrons. The van der Waals surface area contributed by atoms with Gasteiger partial charge in [0, 0.05) is 23.1 Å². The van der Waals surface area contributed by atoms with Crippen LogP contribution in [0.3, 0.4) is 0 Å². The van der Waals surface area contributed by atoms with E-state index in [1.54, 1.807) is 0 Å². The van der Waals surface area contributed by atoms with Gasteiger partial charge in [0.1, 0.15) is 0 Å². The van der Waals surface area contributed by atoms with E-state index in [1.165, 1.54) is 16.0 Å². The predicted molar refractivity (Wildman–Crippen MR) is 89.9 cm³/mol. The molecule has 0 saturated heterocycles. The molecule has 2 aliphatic rings. The van der Waals surface area contributed by atoms with Crippen LogP contribution in [-0.4, -0.2) is 48.8 Å². The van der Waals surface area contributed by atoms with Crippen molar-refractivity contribution in [2.24, 2.45) is 0 Å². The van der Waals surface area contributed by atoms with Gasteiger partial charge in [0.05, 0.1) is 0 Å². The Labute approximate surface area is 135 Å². The van der Waals surface area contributed by atoms with Gasteiger partial charge in [-0.25, -0.2) is 0 Å². The maximum absolute atomic E-state index is 12.8. The van der Waals surface area contributed by atoms with E-state index < -0.39 is 0 Å². The van der Waals surface area contributed by atoms with E-state index in [1.807, 2.05) is 26.2 Å². The van der Waals surface area contributed by atoms with E-state index in [-0.39, 0.29) is 11.8 Å². The lowest BCUT2D eigenvalue weighted by Gasteiger charge is -2.28. The SMILES string of the molecule is CN(C)CCCN1C(=O)c2ccc3c4c(ccc(c24)C1=O)CC3. The zero-order valence-electron chi connectivity index (χ0n) is 13.6. The van der Waals surface area contributed by atoms with Crippen molar-refractivity contribution in [2.75, 3.05) is 27.2 Å². The van der Waals surface area contributed by atoms with Gasteiger partial charge < -0.3 is 4.90 Å². The van der Waals surface area contributed by atoms with E-state index in [4.69, 9.17) is 0 Å². The zero-order chi connectivity index (χ0) is 16.1. The molecule has 0 atom stereocenters. The number of amides is 2. The Morgan fingerprint density at radius 2 is 1.48 bits per heavy atom. The highest BCUT2D eigenvalue weighted by Crippen LogP contribution is 2.38. The third kappa shape index (κ3) is 2.09. The van der Waals surface area contributed by atoms with Gasteiger partial charge in [-0.15, -0.1) is 0 Å². The first-order valence-electron chi connectivity index (χ1n) is 8.16. The lowest BCUT2D eigenvalue weighted by Crippen LogP contribution is -2.41. The fourth-order valence-corrected chi connectivity index (χ4v) is 3.82. The smallest absolute Gasteiger partial charge is 0.261 e. The molecule has 1 aliphatic heterocycles. The molecule has 23 heavy (non-hydrogen) atoms. The summed E-state index contributed by atoms with van der Waals surface area (Å²) in [5.41, 5.74) is 3.91. The second-order valence-corrected chi connectivity index (χ2v) is 6.71. The Morgan fingerprint density at radius 3 is 2.00 bits per heavy atom. The van der Waals surface area contributed by atoms with E-state index >= 15 is 0 Å². The summed E-state index contributed by atoms with van der Waals surface area (Å²) in [6, 6.07) is 7.93. The summed E-state index contributed by atoms with van der Waals surface area (Å²) in [6.45, 7) is 1.33. The van der Waals surface area contributed by atoms with Crippen LogP contribution in [0.5, 0.6) is 0 Å². The lowest BCUT2D eigenvalue weighted by molar-refractivity contribution is 0.0606. The minimum atomic E-state index is -0.142. The van der Waals surface area contributed by atoms with Gasteiger partial charge >= 0.3 is 0 Å². The number of imide groups is 1. The van der Waals surface area contributed by atoms with Crippen LogP contribution < -0.4 is 0 Å². The largest absolute Gasteiger partial charge is 0.309 e. The first kappa shape index (κ1) is 14.4. The number of nitrogens with zero attached hydrogens (tertiary/aromatic N) is 2. The van der Waals surface area contributed by atoms with Crippen molar-refractivity contribution in [3.05, 3.63) is 46.5 Å². The molecular weight excluding hydrogens is 288 g/mol. The highest BCUT2D eigenvalue weighted by Gasteiger charge is 2.34. The van der Waals surface area contributed by atoms with Crippen LogP contribution in [0.25, 0.3) is 10.8 Å². The molecule has 1 aliphatic carbocycles. The molecule has 4 heteroatoms. The Balaban J connectivity index is 1.79. The van der Waals surface area contributed by atoms with Crippen molar-refractivity contribution in [2.45, 2.75) is 19.3 Å². The minimum absolute atomic E-state index is 0.142. The van der Waals surface area contributed by atoms with E-state index in [2.05, 4.69) is 17.0 Å². The van der Waals surface area contributed by atoms with Crippen LogP contribution in [-0.2, 0) is 12.8 Å². The van der Waals surface area contributed by atoms with Gasteiger partial charge in [0.2, 0.25) is 0 Å². The maximum atomic E-state index is 12.8. The first-order valence-corrected chi connectivity index (χ1v) is 8.16. The number of benzene rings is 2. The Kier molecular flexibility index (Phi) is 3.23. The summed E-state index contributed by atoms with van der Waals surface area (Å²) in [4.78, 5) is 29.1. The van der Waals surface area contributed by atoms with Crippen LogP contribution in [0.2, 0.25) is 0 Å². The molecular formula is C19H20N2O2. The van der Waals surface area contributed by atoms with Crippen LogP contribution in [0.15, 0.2) is 24.3 Å². The standard InChI is InChI=1S/C19H20N2O2/c1-20(2)10-3-11-21-18(22)14-8-6-12-4-5-13-7-9-15(19(21)23)17(14)16(12)13/h6-9H,3-5,10-11H2,1-2H3. The normalized spacial score (nSPS) is 16.0. The van der Waals surface area contributed by atoms with Crippen LogP contribution in [0.4, 0.5) is 0 Å². The zero-order valence-corrected chi connectivity index (χ0v) is 13.6. The van der Waals surface area contributed by atoms with Crippen molar-refractivity contribution in [1.82, 2.24) is 9.80 Å². The van der Waals surface area contributed by atoms with E-state index in [0.717, 1.165) is 36.6 Å². The second-order valence-electron chi connectivity index (χ2n) is 6.71. The molecule has 0 radical (unpaired) electrons. The Hall–Kier alpha value is -2.20. The van der Waals surface area contributed by atoms with Gasteiger partial charge in [-0.1, -0.05) is 12.1 Å². The molecule has 0 bridgehead atoms. The van der Waals surface area contributed by atoms with Gasteiger partial charge in [-0.2, -0.15) is 0 Å². The summed E-state index contributed by atoms with van der Waals surface area (Å²) in [5, 5.41) is 2.03. The monoisotopic (exact) mass is 308 g/mol. The molecule has 0 unspecified atom stereocenters. The fraction of sp³-hybridized carbons (Fsp3) is 0.368. The van der Waals surface area contributed by atoms with Crippen molar-refractivity contribution in [3.63, 3.8) is 0 Å². The molecule has 0 saturated carbocycles. The Morgan fingerprint density at radius 1 is 0.913 bits per heavy atom. The lowest BCUT2D eigenvalue weighted by atomic mass is 9.91. The molecule has 2 aromatic rings. The van der Waals surface area contributed by atoms with Crippen molar-refractivity contribution < 1.29 is 9.59 Å². The van der Waals surface area contributed by atoms with Gasteiger partial charge in [0.25, 0.3) is 11.8 Å². The van der Waals surface area contributed by atoms with Crippen LogP contribution in [0.1, 0.15) is 38.3 Å². The third-order valence-electron chi connectivity index (χ3n) is 4.94. The van der Waals surface area contributed by atoms with Crippen molar-refractivity contribution >= 4 is 22.6 Å². The average Bonchev–Trinajstić information content (AvgIpc) is 2.95. The highest BCUT2D eigenvalue weighted by atomic mass is 16.2. The number of aryl methyl sites for hydroxylation is 2. The molecule has 2 aromatic carbocycles. The number of hydrogen-bond acceptors (Lipinski definition) is 3. The van der Waals surface area contributed by atoms with E-state index in [0.29, 0.717) is 17.7 Å². The molecule has 0 aromatic heterocycles. The van der Waals surface area contributed by atoms with Crippen LogP contribution in [0, 0.1) is 0 Å². The Bertz CT molecular complexity index is 780. The molecule has 0 fully saturated rings. The summed E-state index contributed by atoms with van der Waals surface area (Å²) >= 11 is 0. The average molecular weight is 308 g/mol. The van der Waals surface area contributed by atoms with Crippen molar-refractivity contribution in [1.29, 1.82) is 0 Å². The topological polar surface area (TPSA) is 40.6 Å². The summed E-state index contributed by atoms with van der Waals surface area (Å²) in [5.74, 6) is -0.284. The van der Waals surface area contributed by atoms with Gasteiger partial charge in [-0.05, 0) is 68.5 Å². The molecule has 4 rings (SSSR count). The second kappa shape index (κ2) is 5.17. The quantitative estimate of drug-likeness (QED) is 0.815. The highest BCUT2D eigenvalue weighted by molar-refractivity contribution is 6.26.